The predicted octanol–water partition coefficient (Wildman–Crippen LogP) is 1.64. The Labute approximate surface area is 156 Å². The molecule has 8 heteroatoms. The van der Waals surface area contributed by atoms with Gasteiger partial charge in [0.25, 0.3) is 0 Å². The average molecular weight is 386 g/mol. The van der Waals surface area contributed by atoms with Crippen LogP contribution in [-0.4, -0.2) is 85.3 Å². The van der Waals surface area contributed by atoms with Gasteiger partial charge in [-0.25, -0.2) is 17.5 Å². The molecule has 4 fully saturated rings. The van der Waals surface area contributed by atoms with Crippen molar-refractivity contribution in [1.82, 2.24) is 14.1 Å². The van der Waals surface area contributed by atoms with E-state index in [2.05, 4.69) is 4.90 Å². The molecule has 4 aliphatic rings. The molecule has 3 aliphatic heterocycles. The predicted molar refractivity (Wildman–Crippen MR) is 98.4 cm³/mol. The molecule has 26 heavy (non-hydrogen) atoms. The number of amides is 2. The van der Waals surface area contributed by atoms with Gasteiger partial charge in [-0.05, 0) is 51.4 Å². The molecule has 3 saturated heterocycles. The molecular formula is C18H31N3O4S. The lowest BCUT2D eigenvalue weighted by molar-refractivity contribution is -0.0685. The lowest BCUT2D eigenvalue weighted by Gasteiger charge is -2.41. The minimum atomic E-state index is -3.05. The van der Waals surface area contributed by atoms with E-state index in [1.54, 1.807) is 9.21 Å². The third-order valence-corrected chi connectivity index (χ3v) is 8.78. The Bertz CT molecular complexity index is 627. The molecule has 0 radical (unpaired) electrons. The van der Waals surface area contributed by atoms with Crippen LogP contribution in [0.5, 0.6) is 0 Å². The summed E-state index contributed by atoms with van der Waals surface area (Å²) < 4.78 is 32.7. The first kappa shape index (κ1) is 18.5. The first-order valence-corrected chi connectivity index (χ1v) is 11.5. The zero-order valence-corrected chi connectivity index (χ0v) is 16.7. The number of urea groups is 1. The van der Waals surface area contributed by atoms with E-state index in [1.807, 2.05) is 14.1 Å². The molecule has 148 valence electrons. The number of nitrogens with zero attached hydrogens (tertiary/aromatic N) is 3. The third-order valence-electron chi connectivity index (χ3n) is 6.38. The van der Waals surface area contributed by atoms with Crippen LogP contribution in [0.2, 0.25) is 0 Å². The van der Waals surface area contributed by atoms with Gasteiger partial charge in [0.2, 0.25) is 10.0 Å². The molecule has 2 amide bonds. The van der Waals surface area contributed by atoms with Gasteiger partial charge < -0.3 is 14.5 Å². The van der Waals surface area contributed by atoms with E-state index in [0.717, 1.165) is 51.4 Å². The monoisotopic (exact) mass is 385 g/mol. The van der Waals surface area contributed by atoms with Gasteiger partial charge >= 0.3 is 6.03 Å². The van der Waals surface area contributed by atoms with E-state index in [9.17, 15) is 13.2 Å². The van der Waals surface area contributed by atoms with E-state index in [4.69, 9.17) is 4.74 Å². The fourth-order valence-corrected chi connectivity index (χ4v) is 6.73. The van der Waals surface area contributed by atoms with Gasteiger partial charge in [0.05, 0.1) is 17.5 Å². The molecule has 1 saturated carbocycles. The summed E-state index contributed by atoms with van der Waals surface area (Å²) in [6, 6.07) is 0.711. The summed E-state index contributed by atoms with van der Waals surface area (Å²) in [6.45, 7) is 1.18. The summed E-state index contributed by atoms with van der Waals surface area (Å²) in [5.74, 6) is 0. The van der Waals surface area contributed by atoms with Crippen LogP contribution in [0.1, 0.15) is 51.4 Å². The summed E-state index contributed by atoms with van der Waals surface area (Å²) in [6.07, 6.45) is 7.56. The minimum absolute atomic E-state index is 0.117. The Morgan fingerprint density at radius 2 is 1.50 bits per heavy atom. The van der Waals surface area contributed by atoms with Crippen molar-refractivity contribution in [3.63, 3.8) is 0 Å². The molecule has 2 atom stereocenters. The molecule has 0 aromatic carbocycles. The van der Waals surface area contributed by atoms with Crippen LogP contribution < -0.4 is 0 Å². The second kappa shape index (κ2) is 6.95. The number of fused-ring (bicyclic) bond motifs is 2. The number of rotatable bonds is 4. The Kier molecular flexibility index (Phi) is 4.94. The summed E-state index contributed by atoms with van der Waals surface area (Å²) in [7, 11) is 0.578. The molecule has 0 spiro atoms. The second-order valence-electron chi connectivity index (χ2n) is 8.54. The topological polar surface area (TPSA) is 70.2 Å². The Balaban J connectivity index is 1.28. The quantitative estimate of drug-likeness (QED) is 0.738. The van der Waals surface area contributed by atoms with E-state index >= 15 is 0 Å². The molecule has 2 unspecified atom stereocenters. The molecule has 1 aliphatic carbocycles. The van der Waals surface area contributed by atoms with Gasteiger partial charge in [-0.1, -0.05) is 0 Å². The van der Waals surface area contributed by atoms with Crippen LogP contribution >= 0.6 is 0 Å². The number of carbonyl (C=O) groups excluding carboxylic acids is 1. The number of sulfonamides is 1. The lowest BCUT2D eigenvalue weighted by Crippen LogP contribution is -2.52. The largest absolute Gasteiger partial charge is 0.375 e. The summed E-state index contributed by atoms with van der Waals surface area (Å²) in [5.41, 5.74) is 0. The van der Waals surface area contributed by atoms with Crippen molar-refractivity contribution in [2.24, 2.45) is 0 Å². The lowest BCUT2D eigenvalue weighted by atomic mass is 9.99. The van der Waals surface area contributed by atoms with Gasteiger partial charge in [-0.2, -0.15) is 0 Å². The van der Waals surface area contributed by atoms with Crippen molar-refractivity contribution in [2.75, 3.05) is 27.2 Å². The van der Waals surface area contributed by atoms with Crippen molar-refractivity contribution < 1.29 is 17.9 Å². The van der Waals surface area contributed by atoms with Crippen molar-refractivity contribution in [3.05, 3.63) is 0 Å². The Morgan fingerprint density at radius 3 is 2.00 bits per heavy atom. The highest BCUT2D eigenvalue weighted by Gasteiger charge is 2.45. The van der Waals surface area contributed by atoms with Crippen LogP contribution in [0, 0.1) is 0 Å². The normalized spacial score (nSPS) is 33.5. The van der Waals surface area contributed by atoms with Crippen LogP contribution in [0.3, 0.4) is 0 Å². The van der Waals surface area contributed by atoms with Crippen LogP contribution in [0.15, 0.2) is 0 Å². The highest BCUT2D eigenvalue weighted by molar-refractivity contribution is 7.90. The van der Waals surface area contributed by atoms with Crippen molar-refractivity contribution in [3.8, 4) is 0 Å². The van der Waals surface area contributed by atoms with Crippen LogP contribution in [0.25, 0.3) is 0 Å². The Hall–Kier alpha value is -0.860. The molecule has 7 nitrogen and oxygen atoms in total. The van der Waals surface area contributed by atoms with Gasteiger partial charge in [0.15, 0.2) is 0 Å². The number of carbonyl (C=O) groups is 1. The minimum Gasteiger partial charge on any atom is -0.375 e. The number of piperidine rings is 2. The first-order chi connectivity index (χ1) is 12.4. The Morgan fingerprint density at radius 1 is 0.923 bits per heavy atom. The maximum atomic E-state index is 12.4. The van der Waals surface area contributed by atoms with Crippen molar-refractivity contribution in [1.29, 1.82) is 0 Å². The summed E-state index contributed by atoms with van der Waals surface area (Å²) >= 11 is 0. The summed E-state index contributed by atoms with van der Waals surface area (Å²) in [4.78, 5) is 16.1. The number of ether oxygens (including phenoxy) is 1. The molecule has 4 rings (SSSR count). The highest BCUT2D eigenvalue weighted by Crippen LogP contribution is 2.39. The summed E-state index contributed by atoms with van der Waals surface area (Å²) in [5, 5.41) is -0.117. The van der Waals surface area contributed by atoms with E-state index in [0.29, 0.717) is 25.2 Å². The van der Waals surface area contributed by atoms with Gasteiger partial charge in [0.1, 0.15) is 0 Å². The molecule has 0 N–H and O–H groups in total. The highest BCUT2D eigenvalue weighted by atomic mass is 32.2. The fraction of sp³-hybridized carbons (Fsp3) is 0.944. The SMILES string of the molecule is CN(C)C(=O)N1C2CCC1CC(OC1CCN(S(=O)(=O)C3CC3)CC1)C2. The van der Waals surface area contributed by atoms with Crippen molar-refractivity contribution >= 4 is 16.1 Å². The maximum Gasteiger partial charge on any atom is 0.319 e. The molecule has 0 aromatic heterocycles. The van der Waals surface area contributed by atoms with Crippen LogP contribution in [0.4, 0.5) is 4.79 Å². The molecule has 3 heterocycles. The standard InChI is InChI=1S/C18H31N3O4S/c1-19(2)18(22)21-13-3-4-14(21)12-16(11-13)25-15-7-9-20(10-8-15)26(23,24)17-5-6-17/h13-17H,3-12H2,1-2H3. The van der Waals surface area contributed by atoms with Gasteiger partial charge in [-0.15, -0.1) is 0 Å². The van der Waals surface area contributed by atoms with Gasteiger partial charge in [0, 0.05) is 39.3 Å². The third kappa shape index (κ3) is 3.47. The molecule has 0 aromatic rings. The smallest absolute Gasteiger partial charge is 0.319 e. The van der Waals surface area contributed by atoms with E-state index in [1.165, 1.54) is 0 Å². The first-order valence-electron chi connectivity index (χ1n) is 10.0. The zero-order chi connectivity index (χ0) is 18.5. The maximum absolute atomic E-state index is 12.4. The van der Waals surface area contributed by atoms with Crippen LogP contribution in [-0.2, 0) is 14.8 Å². The molecular weight excluding hydrogens is 354 g/mol. The number of hydrogen-bond donors (Lipinski definition) is 0. The zero-order valence-electron chi connectivity index (χ0n) is 15.8. The average Bonchev–Trinajstić information content (AvgIpc) is 3.41. The van der Waals surface area contributed by atoms with E-state index < -0.39 is 10.0 Å². The number of hydrogen-bond acceptors (Lipinski definition) is 4. The van der Waals surface area contributed by atoms with E-state index in [-0.39, 0.29) is 23.5 Å². The molecule has 2 bridgehead atoms. The second-order valence-corrected chi connectivity index (χ2v) is 10.8. The van der Waals surface area contributed by atoms with Crippen molar-refractivity contribution in [2.45, 2.75) is 80.9 Å². The van der Waals surface area contributed by atoms with Gasteiger partial charge in [-0.3, -0.25) is 0 Å². The fourth-order valence-electron chi connectivity index (χ4n) is 4.85.